The van der Waals surface area contributed by atoms with Crippen LogP contribution in [-0.4, -0.2) is 41.7 Å². The first-order chi connectivity index (χ1) is 13.3. The van der Waals surface area contributed by atoms with Gasteiger partial charge in [-0.25, -0.2) is 4.98 Å². The Labute approximate surface area is 160 Å². The van der Waals surface area contributed by atoms with Crippen LogP contribution in [0.25, 0.3) is 11.0 Å². The third kappa shape index (κ3) is 3.93. The van der Waals surface area contributed by atoms with Crippen LogP contribution in [0.3, 0.4) is 0 Å². The highest BCUT2D eigenvalue weighted by Gasteiger charge is 2.22. The Hall–Kier alpha value is -2.53. The standard InChI is InChI=1S/C22H27N3O2/c1-3-27-20-7-6-16(13-21(20)26-2)15-25-11-8-17(9-12-25)19-14-18-5-4-10-23-22(18)24-19/h4-7,10,13-14,17H,3,8-9,11-12,15H2,1-2H3,(H,23,24). The van der Waals surface area contributed by atoms with Gasteiger partial charge in [0.2, 0.25) is 0 Å². The number of aromatic amines is 1. The van der Waals surface area contributed by atoms with Crippen LogP contribution in [0.15, 0.2) is 42.6 Å². The lowest BCUT2D eigenvalue weighted by Gasteiger charge is -2.31. The van der Waals surface area contributed by atoms with Crippen molar-refractivity contribution in [2.75, 3.05) is 26.8 Å². The number of benzene rings is 1. The van der Waals surface area contributed by atoms with Crippen molar-refractivity contribution in [3.63, 3.8) is 0 Å². The molecule has 0 amide bonds. The molecule has 3 aromatic rings. The van der Waals surface area contributed by atoms with Gasteiger partial charge in [-0.15, -0.1) is 0 Å². The smallest absolute Gasteiger partial charge is 0.161 e. The number of H-pyrrole nitrogens is 1. The zero-order valence-corrected chi connectivity index (χ0v) is 16.1. The maximum atomic E-state index is 5.61. The number of piperidine rings is 1. The molecule has 0 radical (unpaired) electrons. The lowest BCUT2D eigenvalue weighted by molar-refractivity contribution is 0.203. The van der Waals surface area contributed by atoms with Gasteiger partial charge in [-0.1, -0.05) is 6.07 Å². The van der Waals surface area contributed by atoms with Crippen LogP contribution >= 0.6 is 0 Å². The second-order valence-corrected chi connectivity index (χ2v) is 7.13. The molecular weight excluding hydrogens is 338 g/mol. The first kappa shape index (κ1) is 17.9. The van der Waals surface area contributed by atoms with Crippen molar-refractivity contribution in [2.45, 2.75) is 32.2 Å². The molecule has 0 saturated carbocycles. The van der Waals surface area contributed by atoms with Gasteiger partial charge in [0.1, 0.15) is 5.65 Å². The number of rotatable bonds is 6. The molecule has 5 heteroatoms. The monoisotopic (exact) mass is 365 g/mol. The summed E-state index contributed by atoms with van der Waals surface area (Å²) in [4.78, 5) is 10.4. The molecule has 3 heterocycles. The van der Waals surface area contributed by atoms with Crippen molar-refractivity contribution in [3.05, 3.63) is 53.9 Å². The summed E-state index contributed by atoms with van der Waals surface area (Å²) >= 11 is 0. The third-order valence-corrected chi connectivity index (χ3v) is 5.37. The molecule has 0 spiro atoms. The minimum atomic E-state index is 0.588. The maximum Gasteiger partial charge on any atom is 0.161 e. The highest BCUT2D eigenvalue weighted by atomic mass is 16.5. The molecule has 1 aromatic carbocycles. The highest BCUT2D eigenvalue weighted by Crippen LogP contribution is 2.32. The molecule has 4 rings (SSSR count). The molecule has 0 aliphatic carbocycles. The molecule has 0 atom stereocenters. The van der Waals surface area contributed by atoms with Gasteiger partial charge in [0, 0.05) is 29.7 Å². The molecular formula is C22H27N3O2. The molecule has 1 N–H and O–H groups in total. The number of pyridine rings is 1. The normalized spacial score (nSPS) is 15.9. The molecule has 1 aliphatic heterocycles. The molecule has 1 aliphatic rings. The fraction of sp³-hybridized carbons (Fsp3) is 0.409. The van der Waals surface area contributed by atoms with Crippen molar-refractivity contribution in [2.24, 2.45) is 0 Å². The molecule has 1 saturated heterocycles. The number of hydrogen-bond donors (Lipinski definition) is 1. The summed E-state index contributed by atoms with van der Waals surface area (Å²) in [6.45, 7) is 5.78. The van der Waals surface area contributed by atoms with Gasteiger partial charge >= 0.3 is 0 Å². The SMILES string of the molecule is CCOc1ccc(CN2CCC(c3cc4cccnc4[nH]3)CC2)cc1OC. The number of nitrogens with one attached hydrogen (secondary N) is 1. The van der Waals surface area contributed by atoms with Gasteiger partial charge in [-0.05, 0) is 68.8 Å². The highest BCUT2D eigenvalue weighted by molar-refractivity contribution is 5.76. The molecule has 0 bridgehead atoms. The van der Waals surface area contributed by atoms with Gasteiger partial charge in [-0.2, -0.15) is 0 Å². The van der Waals surface area contributed by atoms with Crippen molar-refractivity contribution < 1.29 is 9.47 Å². The van der Waals surface area contributed by atoms with E-state index >= 15 is 0 Å². The number of fused-ring (bicyclic) bond motifs is 1. The van der Waals surface area contributed by atoms with E-state index in [1.807, 2.05) is 25.3 Å². The number of likely N-dealkylation sites (tertiary alicyclic amines) is 1. The average Bonchev–Trinajstić information content (AvgIpc) is 3.14. The average molecular weight is 365 g/mol. The number of ether oxygens (including phenoxy) is 2. The van der Waals surface area contributed by atoms with E-state index in [1.165, 1.54) is 29.5 Å². The number of nitrogens with zero attached hydrogens (tertiary/aromatic N) is 2. The second kappa shape index (κ2) is 8.01. The molecule has 5 nitrogen and oxygen atoms in total. The van der Waals surface area contributed by atoms with Crippen LogP contribution in [0.2, 0.25) is 0 Å². The Balaban J connectivity index is 1.38. The van der Waals surface area contributed by atoms with Crippen LogP contribution in [0.1, 0.15) is 36.9 Å². The summed E-state index contributed by atoms with van der Waals surface area (Å²) < 4.78 is 11.1. The Kier molecular flexibility index (Phi) is 5.30. The molecule has 2 aromatic heterocycles. The Bertz CT molecular complexity index is 864. The maximum absolute atomic E-state index is 5.61. The van der Waals surface area contributed by atoms with Crippen LogP contribution in [0.4, 0.5) is 0 Å². The Morgan fingerprint density at radius 1 is 1.15 bits per heavy atom. The fourth-order valence-corrected chi connectivity index (χ4v) is 3.94. The molecule has 1 fully saturated rings. The molecule has 0 unspecified atom stereocenters. The van der Waals surface area contributed by atoms with Crippen molar-refractivity contribution in [1.82, 2.24) is 14.9 Å². The van der Waals surface area contributed by atoms with E-state index in [1.54, 1.807) is 7.11 Å². The van der Waals surface area contributed by atoms with Crippen LogP contribution in [0.5, 0.6) is 11.5 Å². The second-order valence-electron chi connectivity index (χ2n) is 7.13. The van der Waals surface area contributed by atoms with Crippen molar-refractivity contribution in [1.29, 1.82) is 0 Å². The lowest BCUT2D eigenvalue weighted by atomic mass is 9.93. The van der Waals surface area contributed by atoms with Gasteiger partial charge in [0.05, 0.1) is 13.7 Å². The number of methoxy groups -OCH3 is 1. The van der Waals surface area contributed by atoms with Gasteiger partial charge in [0.25, 0.3) is 0 Å². The largest absolute Gasteiger partial charge is 0.493 e. The van der Waals surface area contributed by atoms with Crippen molar-refractivity contribution >= 4 is 11.0 Å². The van der Waals surface area contributed by atoms with Gasteiger partial charge in [0.15, 0.2) is 11.5 Å². The van der Waals surface area contributed by atoms with Crippen LogP contribution < -0.4 is 9.47 Å². The van der Waals surface area contributed by atoms with E-state index in [0.717, 1.165) is 36.8 Å². The van der Waals surface area contributed by atoms with E-state index in [0.29, 0.717) is 12.5 Å². The molecule has 27 heavy (non-hydrogen) atoms. The van der Waals surface area contributed by atoms with E-state index < -0.39 is 0 Å². The minimum absolute atomic E-state index is 0.588. The van der Waals surface area contributed by atoms with E-state index in [9.17, 15) is 0 Å². The van der Waals surface area contributed by atoms with E-state index in [2.05, 4.69) is 39.1 Å². The molecule has 142 valence electrons. The van der Waals surface area contributed by atoms with E-state index in [4.69, 9.17) is 9.47 Å². The van der Waals surface area contributed by atoms with Crippen LogP contribution in [0, 0.1) is 0 Å². The van der Waals surface area contributed by atoms with Crippen molar-refractivity contribution in [3.8, 4) is 11.5 Å². The fourth-order valence-electron chi connectivity index (χ4n) is 3.94. The Morgan fingerprint density at radius 2 is 2.00 bits per heavy atom. The summed E-state index contributed by atoms with van der Waals surface area (Å²) in [6, 6.07) is 12.6. The quantitative estimate of drug-likeness (QED) is 0.706. The minimum Gasteiger partial charge on any atom is -0.493 e. The number of hydrogen-bond acceptors (Lipinski definition) is 4. The zero-order valence-electron chi connectivity index (χ0n) is 16.1. The third-order valence-electron chi connectivity index (χ3n) is 5.37. The first-order valence-electron chi connectivity index (χ1n) is 9.72. The summed E-state index contributed by atoms with van der Waals surface area (Å²) in [7, 11) is 1.70. The van der Waals surface area contributed by atoms with Crippen LogP contribution in [-0.2, 0) is 6.54 Å². The van der Waals surface area contributed by atoms with Gasteiger partial charge < -0.3 is 14.5 Å². The Morgan fingerprint density at radius 3 is 2.74 bits per heavy atom. The topological polar surface area (TPSA) is 50.4 Å². The predicted molar refractivity (Wildman–Crippen MR) is 108 cm³/mol. The zero-order chi connectivity index (χ0) is 18.6. The lowest BCUT2D eigenvalue weighted by Crippen LogP contribution is -2.32. The van der Waals surface area contributed by atoms with E-state index in [-0.39, 0.29) is 0 Å². The summed E-state index contributed by atoms with van der Waals surface area (Å²) in [5.74, 6) is 2.22. The summed E-state index contributed by atoms with van der Waals surface area (Å²) in [5, 5.41) is 1.21. The number of aromatic nitrogens is 2. The first-order valence-corrected chi connectivity index (χ1v) is 9.72. The van der Waals surface area contributed by atoms with Gasteiger partial charge in [-0.3, -0.25) is 4.90 Å². The predicted octanol–water partition coefficient (Wildman–Crippen LogP) is 4.35. The summed E-state index contributed by atoms with van der Waals surface area (Å²) in [6.07, 6.45) is 4.18. The summed E-state index contributed by atoms with van der Waals surface area (Å²) in [5.41, 5.74) is 3.59.